The summed E-state index contributed by atoms with van der Waals surface area (Å²) in [6, 6.07) is 9.03. The van der Waals surface area contributed by atoms with Gasteiger partial charge in [0.15, 0.2) is 5.16 Å². The molecule has 0 spiro atoms. The molecule has 2 heterocycles. The molecular formula is C17H19N5O2S. The first-order chi connectivity index (χ1) is 12.0. The van der Waals surface area contributed by atoms with Crippen molar-refractivity contribution in [2.24, 2.45) is 0 Å². The van der Waals surface area contributed by atoms with Gasteiger partial charge >= 0.3 is 6.03 Å². The van der Waals surface area contributed by atoms with Gasteiger partial charge in [0.05, 0.1) is 5.75 Å². The fourth-order valence-electron chi connectivity index (χ4n) is 2.55. The number of thioether (sulfide) groups is 1. The zero-order chi connectivity index (χ0) is 17.8. The van der Waals surface area contributed by atoms with Gasteiger partial charge in [-0.25, -0.2) is 14.8 Å². The molecule has 0 saturated carbocycles. The van der Waals surface area contributed by atoms with Crippen LogP contribution in [0.1, 0.15) is 11.4 Å². The molecule has 7 nitrogen and oxygen atoms in total. The van der Waals surface area contributed by atoms with Crippen LogP contribution in [0.5, 0.6) is 0 Å². The Morgan fingerprint density at radius 1 is 1.28 bits per heavy atom. The fourth-order valence-corrected chi connectivity index (χ4v) is 3.30. The number of urea groups is 1. The number of hydrogen-bond acceptors (Lipinski definition) is 5. The molecule has 1 fully saturated rings. The Hall–Kier alpha value is -2.61. The lowest BCUT2D eigenvalue weighted by atomic mass is 10.2. The molecule has 1 aromatic carbocycles. The molecule has 2 N–H and O–H groups in total. The number of benzene rings is 1. The van der Waals surface area contributed by atoms with E-state index in [0.717, 1.165) is 17.1 Å². The third-order valence-corrected chi connectivity index (χ3v) is 4.44. The highest BCUT2D eigenvalue weighted by atomic mass is 32.2. The van der Waals surface area contributed by atoms with E-state index in [4.69, 9.17) is 0 Å². The van der Waals surface area contributed by atoms with E-state index in [2.05, 4.69) is 20.6 Å². The van der Waals surface area contributed by atoms with E-state index in [1.54, 1.807) is 17.0 Å². The summed E-state index contributed by atoms with van der Waals surface area (Å²) in [5.74, 6) is 0.0768. The molecule has 25 heavy (non-hydrogen) atoms. The summed E-state index contributed by atoms with van der Waals surface area (Å²) in [7, 11) is 0. The molecule has 0 aliphatic carbocycles. The predicted octanol–water partition coefficient (Wildman–Crippen LogP) is 2.35. The first-order valence-corrected chi connectivity index (χ1v) is 8.90. The van der Waals surface area contributed by atoms with Crippen LogP contribution in [0.15, 0.2) is 35.5 Å². The second kappa shape index (κ2) is 7.52. The summed E-state index contributed by atoms with van der Waals surface area (Å²) in [5, 5.41) is 6.20. The number of amides is 3. The van der Waals surface area contributed by atoms with Crippen LogP contribution in [0.3, 0.4) is 0 Å². The third kappa shape index (κ3) is 4.48. The van der Waals surface area contributed by atoms with Crippen LogP contribution in [0.4, 0.5) is 16.2 Å². The highest BCUT2D eigenvalue weighted by Crippen LogP contribution is 2.21. The average molecular weight is 357 g/mol. The summed E-state index contributed by atoms with van der Waals surface area (Å²) in [5.41, 5.74) is 3.18. The molecule has 0 atom stereocenters. The van der Waals surface area contributed by atoms with Gasteiger partial charge in [0.1, 0.15) is 0 Å². The van der Waals surface area contributed by atoms with Gasteiger partial charge in [-0.1, -0.05) is 17.8 Å². The zero-order valence-corrected chi connectivity index (χ0v) is 14.9. The number of carbonyl (C=O) groups excluding carboxylic acids is 2. The minimum absolute atomic E-state index is 0.119. The van der Waals surface area contributed by atoms with Gasteiger partial charge in [-0.3, -0.25) is 9.69 Å². The molecule has 3 amide bonds. The van der Waals surface area contributed by atoms with Crippen molar-refractivity contribution < 1.29 is 9.59 Å². The Morgan fingerprint density at radius 2 is 2.04 bits per heavy atom. The van der Waals surface area contributed by atoms with E-state index in [1.807, 2.05) is 32.0 Å². The van der Waals surface area contributed by atoms with Crippen molar-refractivity contribution >= 4 is 35.1 Å². The topological polar surface area (TPSA) is 87.2 Å². The molecule has 1 saturated heterocycles. The van der Waals surface area contributed by atoms with Crippen LogP contribution in [0, 0.1) is 13.8 Å². The van der Waals surface area contributed by atoms with Gasteiger partial charge in [0.2, 0.25) is 5.91 Å². The molecule has 0 bridgehead atoms. The van der Waals surface area contributed by atoms with Crippen LogP contribution in [0.2, 0.25) is 0 Å². The predicted molar refractivity (Wildman–Crippen MR) is 98.0 cm³/mol. The number of carbonyl (C=O) groups is 2. The Bertz CT molecular complexity index is 791. The maximum Gasteiger partial charge on any atom is 0.321 e. The standard InChI is InChI=1S/C17H19N5O2S/c1-11-8-12(2)20-16(19-11)25-10-15(23)21-13-4-3-5-14(9-13)22-7-6-18-17(22)24/h3-5,8-9H,6-7,10H2,1-2H3,(H,18,24)(H,21,23). The lowest BCUT2D eigenvalue weighted by Gasteiger charge is -2.15. The summed E-state index contributed by atoms with van der Waals surface area (Å²) in [6.45, 7) is 5.05. The Morgan fingerprint density at radius 3 is 2.72 bits per heavy atom. The average Bonchev–Trinajstić information content (AvgIpc) is 2.98. The molecule has 1 aliphatic heterocycles. The maximum absolute atomic E-state index is 12.2. The minimum atomic E-state index is -0.143. The molecule has 1 aliphatic rings. The molecule has 2 aromatic rings. The highest BCUT2D eigenvalue weighted by Gasteiger charge is 2.21. The van der Waals surface area contributed by atoms with E-state index in [0.29, 0.717) is 23.9 Å². The van der Waals surface area contributed by atoms with Crippen molar-refractivity contribution in [2.45, 2.75) is 19.0 Å². The normalized spacial score (nSPS) is 13.7. The molecule has 0 radical (unpaired) electrons. The van der Waals surface area contributed by atoms with Crippen LogP contribution >= 0.6 is 11.8 Å². The van der Waals surface area contributed by atoms with Crippen molar-refractivity contribution in [3.63, 3.8) is 0 Å². The van der Waals surface area contributed by atoms with Crippen LogP contribution < -0.4 is 15.5 Å². The lowest BCUT2D eigenvalue weighted by Crippen LogP contribution is -2.27. The number of anilines is 2. The van der Waals surface area contributed by atoms with Gasteiger partial charge < -0.3 is 10.6 Å². The monoisotopic (exact) mass is 357 g/mol. The Labute approximate surface area is 150 Å². The van der Waals surface area contributed by atoms with Crippen molar-refractivity contribution in [3.8, 4) is 0 Å². The fraction of sp³-hybridized carbons (Fsp3) is 0.294. The van der Waals surface area contributed by atoms with Crippen LogP contribution in [0.25, 0.3) is 0 Å². The SMILES string of the molecule is Cc1cc(C)nc(SCC(=O)Nc2cccc(N3CCNC3=O)c2)n1. The van der Waals surface area contributed by atoms with E-state index in [1.165, 1.54) is 11.8 Å². The molecule has 0 unspecified atom stereocenters. The largest absolute Gasteiger partial charge is 0.336 e. The van der Waals surface area contributed by atoms with Crippen LogP contribution in [-0.4, -0.2) is 40.7 Å². The van der Waals surface area contributed by atoms with E-state index < -0.39 is 0 Å². The number of hydrogen-bond donors (Lipinski definition) is 2. The second-order valence-electron chi connectivity index (χ2n) is 5.70. The smallest absolute Gasteiger partial charge is 0.321 e. The first-order valence-electron chi connectivity index (χ1n) is 7.91. The van der Waals surface area contributed by atoms with Gasteiger partial charge in [0, 0.05) is 35.9 Å². The molecule has 130 valence electrons. The van der Waals surface area contributed by atoms with Gasteiger partial charge in [-0.2, -0.15) is 0 Å². The summed E-state index contributed by atoms with van der Waals surface area (Å²) >= 11 is 1.30. The second-order valence-corrected chi connectivity index (χ2v) is 6.65. The van der Waals surface area contributed by atoms with Crippen molar-refractivity contribution in [3.05, 3.63) is 41.7 Å². The number of rotatable bonds is 5. The van der Waals surface area contributed by atoms with Gasteiger partial charge in [-0.05, 0) is 38.1 Å². The van der Waals surface area contributed by atoms with Gasteiger partial charge in [0.25, 0.3) is 0 Å². The van der Waals surface area contributed by atoms with E-state index >= 15 is 0 Å². The first kappa shape index (κ1) is 17.2. The van der Waals surface area contributed by atoms with Crippen molar-refractivity contribution in [1.82, 2.24) is 15.3 Å². The molecule has 1 aromatic heterocycles. The Balaban J connectivity index is 1.60. The van der Waals surface area contributed by atoms with E-state index in [9.17, 15) is 9.59 Å². The Kier molecular flexibility index (Phi) is 5.18. The molecule has 3 rings (SSSR count). The number of aryl methyl sites for hydroxylation is 2. The number of nitrogens with zero attached hydrogens (tertiary/aromatic N) is 3. The lowest BCUT2D eigenvalue weighted by molar-refractivity contribution is -0.113. The summed E-state index contributed by atoms with van der Waals surface area (Å²) in [6.07, 6.45) is 0. The molecular weight excluding hydrogens is 338 g/mol. The zero-order valence-electron chi connectivity index (χ0n) is 14.1. The third-order valence-electron chi connectivity index (χ3n) is 3.59. The maximum atomic E-state index is 12.2. The minimum Gasteiger partial charge on any atom is -0.336 e. The number of nitrogens with one attached hydrogen (secondary N) is 2. The summed E-state index contributed by atoms with van der Waals surface area (Å²) < 4.78 is 0. The van der Waals surface area contributed by atoms with Crippen LogP contribution in [-0.2, 0) is 4.79 Å². The molecule has 8 heteroatoms. The quantitative estimate of drug-likeness (QED) is 0.634. The number of aromatic nitrogens is 2. The van der Waals surface area contributed by atoms with Crippen molar-refractivity contribution in [2.75, 3.05) is 29.1 Å². The van der Waals surface area contributed by atoms with E-state index in [-0.39, 0.29) is 17.7 Å². The van der Waals surface area contributed by atoms with Crippen molar-refractivity contribution in [1.29, 1.82) is 0 Å². The highest BCUT2D eigenvalue weighted by molar-refractivity contribution is 7.99. The van der Waals surface area contributed by atoms with Gasteiger partial charge in [-0.15, -0.1) is 0 Å². The summed E-state index contributed by atoms with van der Waals surface area (Å²) in [4.78, 5) is 34.2.